The Morgan fingerprint density at radius 2 is 1.67 bits per heavy atom. The van der Waals surface area contributed by atoms with Crippen LogP contribution in [-0.4, -0.2) is 61.6 Å². The van der Waals surface area contributed by atoms with Gasteiger partial charge in [-0.25, -0.2) is 8.42 Å². The molecule has 4 rings (SSSR count). The van der Waals surface area contributed by atoms with Crippen LogP contribution in [0.1, 0.15) is 62.2 Å². The van der Waals surface area contributed by atoms with Gasteiger partial charge >= 0.3 is 5.97 Å². The maximum absolute atomic E-state index is 13.9. The van der Waals surface area contributed by atoms with Gasteiger partial charge in [-0.1, -0.05) is 92.1 Å². The summed E-state index contributed by atoms with van der Waals surface area (Å²) in [4.78, 5) is 25.0. The van der Waals surface area contributed by atoms with E-state index in [-0.39, 0.29) is 25.6 Å². The van der Waals surface area contributed by atoms with E-state index in [1.54, 1.807) is 6.08 Å². The van der Waals surface area contributed by atoms with E-state index < -0.39 is 51.7 Å². The number of carbonyl (C=O) groups is 2. The molecule has 0 saturated heterocycles. The minimum atomic E-state index is -4.22. The van der Waals surface area contributed by atoms with Crippen molar-refractivity contribution in [1.82, 2.24) is 10.0 Å². The second kappa shape index (κ2) is 14.7. The van der Waals surface area contributed by atoms with E-state index in [1.807, 2.05) is 72.8 Å². The minimum absolute atomic E-state index is 0.0767. The van der Waals surface area contributed by atoms with Gasteiger partial charge in [0, 0.05) is 6.54 Å². The van der Waals surface area contributed by atoms with E-state index in [0.717, 1.165) is 48.8 Å². The topological polar surface area (TPSA) is 142 Å². The summed E-state index contributed by atoms with van der Waals surface area (Å²) in [5.74, 6) is -2.75. The van der Waals surface area contributed by atoms with Crippen molar-refractivity contribution in [2.45, 2.75) is 63.3 Å². The summed E-state index contributed by atoms with van der Waals surface area (Å²) in [5, 5.41) is 22.8. The summed E-state index contributed by atoms with van der Waals surface area (Å²) in [7, 11) is -4.22. The van der Waals surface area contributed by atoms with E-state index in [1.165, 1.54) is 0 Å². The molecule has 0 radical (unpaired) electrons. The molecule has 226 valence electrons. The number of benzene rings is 2. The third kappa shape index (κ3) is 8.61. The second-order valence-electron chi connectivity index (χ2n) is 11.0. The fraction of sp³-hybridized carbons (Fsp3) is 0.438. The van der Waals surface area contributed by atoms with Gasteiger partial charge in [0.25, 0.3) is 0 Å². The van der Waals surface area contributed by atoms with Gasteiger partial charge in [0.1, 0.15) is 0 Å². The molecule has 2 aromatic rings. The lowest BCUT2D eigenvalue weighted by Crippen LogP contribution is -2.53. The zero-order chi connectivity index (χ0) is 30.0. The number of rotatable bonds is 14. The first-order valence-corrected chi connectivity index (χ1v) is 16.2. The lowest BCUT2D eigenvalue weighted by molar-refractivity contribution is -0.138. The molecule has 4 N–H and O–H groups in total. The first-order chi connectivity index (χ1) is 20.2. The fourth-order valence-corrected chi connectivity index (χ4v) is 6.49. The van der Waals surface area contributed by atoms with E-state index in [0.29, 0.717) is 0 Å². The Morgan fingerprint density at radius 3 is 2.33 bits per heavy atom. The lowest BCUT2D eigenvalue weighted by atomic mass is 9.73. The van der Waals surface area contributed by atoms with Crippen molar-refractivity contribution >= 4 is 27.5 Å². The number of aliphatic hydroxyl groups excluding tert-OH is 1. The summed E-state index contributed by atoms with van der Waals surface area (Å²) in [5.41, 5.74) is 1.17. The van der Waals surface area contributed by atoms with E-state index >= 15 is 0 Å². The number of carboxylic acid groups (broad SMARTS) is 1. The van der Waals surface area contributed by atoms with Crippen LogP contribution in [0.2, 0.25) is 0 Å². The lowest BCUT2D eigenvalue weighted by Gasteiger charge is -2.40. The number of nitrogens with one attached hydrogen (secondary N) is 2. The molecular weight excluding hydrogens is 556 g/mol. The van der Waals surface area contributed by atoms with Gasteiger partial charge in [-0.2, -0.15) is 0 Å². The highest BCUT2D eigenvalue weighted by Crippen LogP contribution is 2.40. The molecule has 10 heteroatoms. The van der Waals surface area contributed by atoms with Crippen LogP contribution in [0.5, 0.6) is 0 Å². The summed E-state index contributed by atoms with van der Waals surface area (Å²) >= 11 is 0. The molecule has 1 saturated carbocycles. The number of hydrogen-bond acceptors (Lipinski definition) is 7. The Kier molecular flexibility index (Phi) is 11.1. The molecule has 0 bridgehead atoms. The van der Waals surface area contributed by atoms with Gasteiger partial charge in [0.15, 0.2) is 0 Å². The maximum Gasteiger partial charge on any atom is 0.304 e. The van der Waals surface area contributed by atoms with Gasteiger partial charge in [-0.3, -0.25) is 14.3 Å². The summed E-state index contributed by atoms with van der Waals surface area (Å²) in [6.45, 7) is 0.525. The smallest absolute Gasteiger partial charge is 0.304 e. The zero-order valence-corrected chi connectivity index (χ0v) is 24.5. The number of aliphatic hydroxyl groups is 1. The van der Waals surface area contributed by atoms with Gasteiger partial charge in [0.2, 0.25) is 15.9 Å². The van der Waals surface area contributed by atoms with Crippen LogP contribution < -0.4 is 10.0 Å². The number of ether oxygens (including phenoxy) is 1. The molecule has 0 aromatic heterocycles. The standard InChI is InChI=1S/C32H40N2O7S/c35-28(25-12-6-2-7-13-25)23-33-20-19-32(31(38)34-42(39,40)21-17-30(36)37)18-16-26(24-10-4-1-5-11-24)22-29(32)41-27-14-8-3-9-15-27/h1-2,4-7,10-13,16,18,22,27-29,33,35H,3,8-9,14-15,17,19-21,23H2,(H,34,38)(H,36,37)/t28-,29?,32?/m0/s1. The highest BCUT2D eigenvalue weighted by molar-refractivity contribution is 7.90. The van der Waals surface area contributed by atoms with Crippen molar-refractivity contribution in [3.05, 3.63) is 90.0 Å². The number of hydrogen-bond donors (Lipinski definition) is 4. The van der Waals surface area contributed by atoms with Gasteiger partial charge in [-0.05, 0) is 48.6 Å². The van der Waals surface area contributed by atoms with Crippen LogP contribution in [0.25, 0.3) is 5.57 Å². The zero-order valence-electron chi connectivity index (χ0n) is 23.7. The fourth-order valence-electron chi connectivity index (χ4n) is 5.47. The molecule has 2 aliphatic carbocycles. The number of amides is 1. The Labute approximate surface area is 247 Å². The number of carbonyl (C=O) groups excluding carboxylic acids is 1. The summed E-state index contributed by atoms with van der Waals surface area (Å²) < 4.78 is 34.3. The Bertz CT molecular complexity index is 1360. The van der Waals surface area contributed by atoms with Crippen molar-refractivity contribution < 1.29 is 33.0 Å². The van der Waals surface area contributed by atoms with E-state index in [9.17, 15) is 23.1 Å². The highest BCUT2D eigenvalue weighted by atomic mass is 32.2. The Balaban J connectivity index is 1.61. The average molecular weight is 597 g/mol. The molecule has 2 aliphatic rings. The molecule has 2 unspecified atom stereocenters. The van der Waals surface area contributed by atoms with Gasteiger partial charge < -0.3 is 20.3 Å². The molecule has 1 amide bonds. The molecular formula is C32H40N2O7S. The quantitative estimate of drug-likeness (QED) is 0.240. The number of allylic oxidation sites excluding steroid dienone is 2. The molecule has 0 spiro atoms. The molecule has 1 fully saturated rings. The van der Waals surface area contributed by atoms with Crippen molar-refractivity contribution in [2.75, 3.05) is 18.8 Å². The third-order valence-corrected chi connectivity index (χ3v) is 9.13. The molecule has 0 aliphatic heterocycles. The third-order valence-electron chi connectivity index (χ3n) is 7.89. The van der Waals surface area contributed by atoms with Crippen LogP contribution in [0, 0.1) is 5.41 Å². The first-order valence-electron chi connectivity index (χ1n) is 14.5. The number of carboxylic acids is 1. The molecule has 9 nitrogen and oxygen atoms in total. The normalized spacial score (nSPS) is 21.8. The Hall–Kier alpha value is -3.31. The summed E-state index contributed by atoms with van der Waals surface area (Å²) in [6.07, 6.45) is 8.26. The van der Waals surface area contributed by atoms with Crippen molar-refractivity contribution in [1.29, 1.82) is 0 Å². The molecule has 42 heavy (non-hydrogen) atoms. The van der Waals surface area contributed by atoms with Crippen LogP contribution in [-0.2, 0) is 24.3 Å². The van der Waals surface area contributed by atoms with Crippen LogP contribution in [0.3, 0.4) is 0 Å². The van der Waals surface area contributed by atoms with Crippen LogP contribution >= 0.6 is 0 Å². The van der Waals surface area contributed by atoms with E-state index in [4.69, 9.17) is 9.84 Å². The minimum Gasteiger partial charge on any atom is -0.481 e. The van der Waals surface area contributed by atoms with Gasteiger partial charge in [-0.15, -0.1) is 0 Å². The van der Waals surface area contributed by atoms with Crippen molar-refractivity contribution in [2.24, 2.45) is 5.41 Å². The highest BCUT2D eigenvalue weighted by Gasteiger charge is 2.47. The van der Waals surface area contributed by atoms with Crippen molar-refractivity contribution in [3.8, 4) is 0 Å². The second-order valence-corrected chi connectivity index (χ2v) is 12.8. The Morgan fingerprint density at radius 1 is 1.00 bits per heavy atom. The number of aliphatic carboxylic acids is 1. The number of sulfonamides is 1. The molecule has 0 heterocycles. The van der Waals surface area contributed by atoms with Crippen molar-refractivity contribution in [3.63, 3.8) is 0 Å². The SMILES string of the molecule is O=C(O)CCS(=O)(=O)NC(=O)C1(CCNC[C@H](O)c2ccccc2)C=CC(c2ccccc2)=CC1OC1CCCCC1. The largest absolute Gasteiger partial charge is 0.481 e. The first kappa shape index (κ1) is 31.6. The average Bonchev–Trinajstić information content (AvgIpc) is 3.00. The summed E-state index contributed by atoms with van der Waals surface area (Å²) in [6, 6.07) is 18.9. The monoisotopic (exact) mass is 596 g/mol. The predicted octanol–water partition coefficient (Wildman–Crippen LogP) is 3.98. The molecule has 2 aromatic carbocycles. The maximum atomic E-state index is 13.9. The van der Waals surface area contributed by atoms with E-state index in [2.05, 4.69) is 10.0 Å². The van der Waals surface area contributed by atoms with Crippen LogP contribution in [0.4, 0.5) is 0 Å². The van der Waals surface area contributed by atoms with Crippen LogP contribution in [0.15, 0.2) is 78.9 Å². The predicted molar refractivity (Wildman–Crippen MR) is 161 cm³/mol. The molecule has 3 atom stereocenters. The van der Waals surface area contributed by atoms with Gasteiger partial charge in [0.05, 0.1) is 35.9 Å².